The molecule has 0 aliphatic rings. The number of nitrogens with two attached hydrogens (primary N) is 1. The van der Waals surface area contributed by atoms with Gasteiger partial charge in [-0.05, 0) is 18.8 Å². The van der Waals surface area contributed by atoms with Gasteiger partial charge in [-0.1, -0.05) is 32.9 Å². The minimum absolute atomic E-state index is 0.0262. The van der Waals surface area contributed by atoms with Crippen LogP contribution in [0.15, 0.2) is 12.2 Å². The fraction of sp³-hybridized carbons (Fsp3) is 0.750. The van der Waals surface area contributed by atoms with Crippen LogP contribution in [0.1, 0.15) is 40.0 Å². The maximum Gasteiger partial charge on any atom is 0.141 e. The van der Waals surface area contributed by atoms with Gasteiger partial charge in [0.05, 0.1) is 0 Å². The lowest BCUT2D eigenvalue weighted by Crippen LogP contribution is -2.25. The maximum absolute atomic E-state index is 11.7. The van der Waals surface area contributed by atoms with E-state index >= 15 is 0 Å². The fourth-order valence-electron chi connectivity index (χ4n) is 1.44. The Hall–Kier alpha value is -0.630. The molecule has 0 rings (SSSR count). The summed E-state index contributed by atoms with van der Waals surface area (Å²) in [5.41, 5.74) is 6.60. The highest BCUT2D eigenvalue weighted by Gasteiger charge is 2.17. The number of hydrogen-bond acceptors (Lipinski definition) is 2. The van der Waals surface area contributed by atoms with Gasteiger partial charge in [0, 0.05) is 18.9 Å². The lowest BCUT2D eigenvalue weighted by Gasteiger charge is -2.16. The average molecular weight is 197 g/mol. The van der Waals surface area contributed by atoms with Crippen molar-refractivity contribution in [3.8, 4) is 0 Å². The summed E-state index contributed by atoms with van der Waals surface area (Å²) in [6.07, 6.45) is 2.28. The molecule has 0 radical (unpaired) electrons. The van der Waals surface area contributed by atoms with Gasteiger partial charge in [0.15, 0.2) is 0 Å². The van der Waals surface area contributed by atoms with Gasteiger partial charge < -0.3 is 5.73 Å². The Morgan fingerprint density at radius 2 is 2.00 bits per heavy atom. The Morgan fingerprint density at radius 1 is 1.43 bits per heavy atom. The Morgan fingerprint density at radius 3 is 2.36 bits per heavy atom. The van der Waals surface area contributed by atoms with E-state index in [2.05, 4.69) is 20.4 Å². The van der Waals surface area contributed by atoms with Crippen LogP contribution < -0.4 is 5.73 Å². The molecule has 2 N–H and O–H groups in total. The first-order valence-corrected chi connectivity index (χ1v) is 5.40. The first kappa shape index (κ1) is 13.4. The first-order valence-electron chi connectivity index (χ1n) is 5.40. The third kappa shape index (κ3) is 5.18. The van der Waals surface area contributed by atoms with Crippen molar-refractivity contribution in [3.05, 3.63) is 12.2 Å². The number of Topliss-reactive ketones (excluding diaryl/α,β-unsaturated/α-hetero) is 1. The molecule has 0 spiro atoms. The Kier molecular flexibility index (Phi) is 6.46. The van der Waals surface area contributed by atoms with Crippen LogP contribution in [0.4, 0.5) is 0 Å². The number of carbonyl (C=O) groups is 1. The zero-order valence-corrected chi connectivity index (χ0v) is 9.68. The minimum atomic E-state index is 0.0262. The largest absolute Gasteiger partial charge is 0.330 e. The zero-order valence-electron chi connectivity index (χ0n) is 9.68. The highest BCUT2D eigenvalue weighted by molar-refractivity contribution is 5.83. The lowest BCUT2D eigenvalue weighted by molar-refractivity contribution is -0.122. The van der Waals surface area contributed by atoms with Crippen LogP contribution >= 0.6 is 0 Å². The monoisotopic (exact) mass is 197 g/mol. The molecule has 14 heavy (non-hydrogen) atoms. The second-order valence-electron chi connectivity index (χ2n) is 4.31. The van der Waals surface area contributed by atoms with E-state index < -0.39 is 0 Å². The van der Waals surface area contributed by atoms with E-state index in [4.69, 9.17) is 5.73 Å². The molecular formula is C12H23NO. The van der Waals surface area contributed by atoms with Gasteiger partial charge in [-0.15, -0.1) is 0 Å². The first-order chi connectivity index (χ1) is 6.51. The summed E-state index contributed by atoms with van der Waals surface area (Å²) in [7, 11) is 0. The van der Waals surface area contributed by atoms with Crippen LogP contribution in [0.5, 0.6) is 0 Å². The van der Waals surface area contributed by atoms with Crippen molar-refractivity contribution in [3.63, 3.8) is 0 Å². The number of allylic oxidation sites excluding steroid dienone is 1. The van der Waals surface area contributed by atoms with Crippen LogP contribution in [-0.2, 0) is 4.79 Å². The molecule has 0 aromatic rings. The highest BCUT2D eigenvalue weighted by Crippen LogP contribution is 2.16. The molecule has 0 aliphatic carbocycles. The van der Waals surface area contributed by atoms with Crippen LogP contribution in [0.3, 0.4) is 0 Å². The van der Waals surface area contributed by atoms with Gasteiger partial charge in [0.25, 0.3) is 0 Å². The summed E-state index contributed by atoms with van der Waals surface area (Å²) in [6.45, 7) is 10.6. The lowest BCUT2D eigenvalue weighted by atomic mass is 9.90. The minimum Gasteiger partial charge on any atom is -0.330 e. The van der Waals surface area contributed by atoms with Gasteiger partial charge in [-0.3, -0.25) is 4.79 Å². The van der Waals surface area contributed by atoms with Crippen molar-refractivity contribution in [2.45, 2.75) is 40.0 Å². The highest BCUT2D eigenvalue weighted by atomic mass is 16.1. The van der Waals surface area contributed by atoms with E-state index in [1.165, 1.54) is 0 Å². The number of rotatable bonds is 7. The zero-order chi connectivity index (χ0) is 11.1. The third-order valence-electron chi connectivity index (χ3n) is 2.42. The van der Waals surface area contributed by atoms with Crippen molar-refractivity contribution in [2.75, 3.05) is 6.54 Å². The van der Waals surface area contributed by atoms with Gasteiger partial charge >= 0.3 is 0 Å². The number of hydrogen-bond donors (Lipinski definition) is 1. The second kappa shape index (κ2) is 6.77. The van der Waals surface area contributed by atoms with E-state index in [-0.39, 0.29) is 11.7 Å². The summed E-state index contributed by atoms with van der Waals surface area (Å²) < 4.78 is 0. The van der Waals surface area contributed by atoms with Crippen molar-refractivity contribution in [1.29, 1.82) is 0 Å². The molecule has 82 valence electrons. The SMILES string of the molecule is C=C(CC)CC(=O)C(CN)CC(C)C. The molecule has 0 fully saturated rings. The summed E-state index contributed by atoms with van der Waals surface area (Å²) in [5.74, 6) is 0.814. The fourth-order valence-corrected chi connectivity index (χ4v) is 1.44. The van der Waals surface area contributed by atoms with Crippen LogP contribution in [-0.4, -0.2) is 12.3 Å². The molecule has 1 atom stereocenters. The predicted octanol–water partition coefficient (Wildman–Crippen LogP) is 2.53. The van der Waals surface area contributed by atoms with E-state index in [9.17, 15) is 4.79 Å². The molecule has 0 heterocycles. The van der Waals surface area contributed by atoms with Crippen molar-refractivity contribution in [2.24, 2.45) is 17.6 Å². The van der Waals surface area contributed by atoms with Gasteiger partial charge in [0.1, 0.15) is 5.78 Å². The molecule has 0 saturated carbocycles. The molecule has 0 amide bonds. The van der Waals surface area contributed by atoms with E-state index in [1.807, 2.05) is 6.92 Å². The Balaban J connectivity index is 4.10. The topological polar surface area (TPSA) is 43.1 Å². The van der Waals surface area contributed by atoms with Crippen molar-refractivity contribution < 1.29 is 4.79 Å². The predicted molar refractivity (Wildman–Crippen MR) is 61.1 cm³/mol. The van der Waals surface area contributed by atoms with Crippen molar-refractivity contribution >= 4 is 5.78 Å². The van der Waals surface area contributed by atoms with Gasteiger partial charge in [-0.2, -0.15) is 0 Å². The molecule has 0 bridgehead atoms. The maximum atomic E-state index is 11.7. The second-order valence-corrected chi connectivity index (χ2v) is 4.31. The number of carbonyl (C=O) groups excluding carboxylic acids is 1. The van der Waals surface area contributed by atoms with Crippen LogP contribution in [0.25, 0.3) is 0 Å². The van der Waals surface area contributed by atoms with E-state index in [0.29, 0.717) is 18.9 Å². The van der Waals surface area contributed by atoms with Gasteiger partial charge in [0.2, 0.25) is 0 Å². The average Bonchev–Trinajstić information content (AvgIpc) is 2.13. The summed E-state index contributed by atoms with van der Waals surface area (Å²) in [6, 6.07) is 0. The number of ketones is 1. The quantitative estimate of drug-likeness (QED) is 0.637. The van der Waals surface area contributed by atoms with E-state index in [1.54, 1.807) is 0 Å². The molecule has 2 heteroatoms. The standard InChI is InChI=1S/C12H23NO/c1-5-10(4)7-12(14)11(8-13)6-9(2)3/h9,11H,4-8,13H2,1-3H3. The third-order valence-corrected chi connectivity index (χ3v) is 2.42. The Bertz CT molecular complexity index is 196. The normalized spacial score (nSPS) is 12.9. The van der Waals surface area contributed by atoms with Crippen LogP contribution in [0, 0.1) is 11.8 Å². The molecule has 0 aromatic heterocycles. The summed E-state index contributed by atoms with van der Waals surface area (Å²) in [5, 5.41) is 0. The smallest absolute Gasteiger partial charge is 0.141 e. The van der Waals surface area contributed by atoms with Crippen molar-refractivity contribution in [1.82, 2.24) is 0 Å². The van der Waals surface area contributed by atoms with Gasteiger partial charge in [-0.25, -0.2) is 0 Å². The van der Waals surface area contributed by atoms with Crippen LogP contribution in [0.2, 0.25) is 0 Å². The molecule has 0 aromatic carbocycles. The molecular weight excluding hydrogens is 174 g/mol. The molecule has 0 saturated heterocycles. The van der Waals surface area contributed by atoms with E-state index in [0.717, 1.165) is 18.4 Å². The molecule has 1 unspecified atom stereocenters. The summed E-state index contributed by atoms with van der Waals surface area (Å²) >= 11 is 0. The molecule has 0 aliphatic heterocycles. The molecule has 2 nitrogen and oxygen atoms in total. The summed E-state index contributed by atoms with van der Waals surface area (Å²) in [4.78, 5) is 11.7. The Labute approximate surface area is 87.6 Å².